The normalized spacial score (nSPS) is 10.4. The lowest BCUT2D eigenvalue weighted by Crippen LogP contribution is -2.07. The van der Waals surface area contributed by atoms with Gasteiger partial charge in [-0.2, -0.15) is 0 Å². The van der Waals surface area contributed by atoms with Gasteiger partial charge < -0.3 is 10.6 Å². The maximum atomic E-state index is 5.26. The number of hydrogen-bond donors (Lipinski definition) is 1. The Morgan fingerprint density at radius 2 is 1.86 bits per heavy atom. The van der Waals surface area contributed by atoms with Crippen molar-refractivity contribution < 1.29 is 0 Å². The van der Waals surface area contributed by atoms with Gasteiger partial charge in [0, 0.05) is 19.8 Å². The van der Waals surface area contributed by atoms with E-state index >= 15 is 0 Å². The Balaban J connectivity index is 2.78. The average molecular weight is 190 g/mol. The minimum Gasteiger partial charge on any atom is -0.383 e. The molecule has 0 saturated carbocycles. The van der Waals surface area contributed by atoms with E-state index in [0.717, 1.165) is 11.4 Å². The fraction of sp³-hybridized carbons (Fsp3) is 0.200. The molecular formula is C10H14N4. The summed E-state index contributed by atoms with van der Waals surface area (Å²) in [5.41, 5.74) is 7.14. The van der Waals surface area contributed by atoms with E-state index in [4.69, 9.17) is 5.73 Å². The zero-order chi connectivity index (χ0) is 10.6. The van der Waals surface area contributed by atoms with Crippen LogP contribution in [0.25, 0.3) is 0 Å². The van der Waals surface area contributed by atoms with Crippen LogP contribution in [0.2, 0.25) is 0 Å². The van der Waals surface area contributed by atoms with Gasteiger partial charge in [-0.15, -0.1) is 10.2 Å². The fourth-order valence-corrected chi connectivity index (χ4v) is 0.939. The van der Waals surface area contributed by atoms with Crippen molar-refractivity contribution in [2.45, 2.75) is 0 Å². The third-order valence-electron chi connectivity index (χ3n) is 1.66. The van der Waals surface area contributed by atoms with Crippen LogP contribution in [-0.2, 0) is 0 Å². The maximum Gasteiger partial charge on any atom is 0.138 e. The molecule has 0 heterocycles. The summed E-state index contributed by atoms with van der Waals surface area (Å²) in [5, 5.41) is 7.55. The molecule has 0 radical (unpaired) electrons. The summed E-state index contributed by atoms with van der Waals surface area (Å²) in [4.78, 5) is 2.02. The van der Waals surface area contributed by atoms with Crippen molar-refractivity contribution in [1.29, 1.82) is 0 Å². The molecule has 0 unspecified atom stereocenters. The molecule has 74 valence electrons. The first-order valence-electron chi connectivity index (χ1n) is 4.23. The Morgan fingerprint density at radius 3 is 2.29 bits per heavy atom. The highest BCUT2D eigenvalue weighted by Crippen LogP contribution is 2.18. The van der Waals surface area contributed by atoms with E-state index in [1.165, 1.54) is 0 Å². The minimum absolute atomic E-state index is 0.210. The molecule has 0 atom stereocenters. The molecule has 1 aromatic rings. The van der Waals surface area contributed by atoms with Crippen LogP contribution in [0, 0.1) is 0 Å². The Hall–Kier alpha value is -1.84. The number of rotatable bonds is 3. The molecule has 14 heavy (non-hydrogen) atoms. The van der Waals surface area contributed by atoms with Gasteiger partial charge in [-0.3, -0.25) is 0 Å². The van der Waals surface area contributed by atoms with Crippen LogP contribution in [0.3, 0.4) is 0 Å². The SMILES string of the molecule is C=C(N)N=Nc1ccc(N(C)C)cc1. The quantitative estimate of drug-likeness (QED) is 0.743. The molecule has 0 saturated heterocycles. The van der Waals surface area contributed by atoms with E-state index in [9.17, 15) is 0 Å². The van der Waals surface area contributed by atoms with Crippen molar-refractivity contribution in [2.75, 3.05) is 19.0 Å². The Bertz CT molecular complexity index is 338. The predicted octanol–water partition coefficient (Wildman–Crippen LogP) is 2.27. The van der Waals surface area contributed by atoms with Gasteiger partial charge in [-0.25, -0.2) is 0 Å². The molecule has 0 aromatic heterocycles. The lowest BCUT2D eigenvalue weighted by Gasteiger charge is -2.11. The second kappa shape index (κ2) is 4.41. The second-order valence-corrected chi connectivity index (χ2v) is 3.10. The van der Waals surface area contributed by atoms with Crippen LogP contribution in [0.4, 0.5) is 11.4 Å². The summed E-state index contributed by atoms with van der Waals surface area (Å²) in [7, 11) is 3.97. The molecule has 0 bridgehead atoms. The molecular weight excluding hydrogens is 176 g/mol. The monoisotopic (exact) mass is 190 g/mol. The van der Waals surface area contributed by atoms with Crippen LogP contribution in [-0.4, -0.2) is 14.1 Å². The number of hydrogen-bond acceptors (Lipinski definition) is 4. The zero-order valence-corrected chi connectivity index (χ0v) is 8.44. The molecule has 4 heteroatoms. The van der Waals surface area contributed by atoms with Gasteiger partial charge in [0.1, 0.15) is 5.82 Å². The van der Waals surface area contributed by atoms with Gasteiger partial charge in [0.2, 0.25) is 0 Å². The van der Waals surface area contributed by atoms with Crippen molar-refractivity contribution in [3.63, 3.8) is 0 Å². The summed E-state index contributed by atoms with van der Waals surface area (Å²) in [6.45, 7) is 3.43. The van der Waals surface area contributed by atoms with Gasteiger partial charge in [-0.05, 0) is 24.3 Å². The van der Waals surface area contributed by atoms with Crippen molar-refractivity contribution in [1.82, 2.24) is 0 Å². The Morgan fingerprint density at radius 1 is 1.29 bits per heavy atom. The highest BCUT2D eigenvalue weighted by molar-refractivity contribution is 5.51. The fourth-order valence-electron chi connectivity index (χ4n) is 0.939. The minimum atomic E-state index is 0.210. The summed E-state index contributed by atoms with van der Waals surface area (Å²) in [5.74, 6) is 0.210. The molecule has 0 amide bonds. The predicted molar refractivity (Wildman–Crippen MR) is 58.6 cm³/mol. The molecule has 1 aromatic carbocycles. The van der Waals surface area contributed by atoms with Crippen molar-refractivity contribution in [3.05, 3.63) is 36.7 Å². The summed E-state index contributed by atoms with van der Waals surface area (Å²) < 4.78 is 0. The molecule has 0 aliphatic carbocycles. The Labute approximate surface area is 83.7 Å². The zero-order valence-electron chi connectivity index (χ0n) is 8.44. The van der Waals surface area contributed by atoms with Crippen molar-refractivity contribution in [2.24, 2.45) is 16.0 Å². The second-order valence-electron chi connectivity index (χ2n) is 3.10. The molecule has 0 fully saturated rings. The van der Waals surface area contributed by atoms with Gasteiger partial charge >= 0.3 is 0 Å². The highest BCUT2D eigenvalue weighted by atomic mass is 15.1. The van der Waals surface area contributed by atoms with E-state index in [-0.39, 0.29) is 5.82 Å². The summed E-state index contributed by atoms with van der Waals surface area (Å²) >= 11 is 0. The van der Waals surface area contributed by atoms with Crippen LogP contribution < -0.4 is 10.6 Å². The molecule has 0 spiro atoms. The number of nitrogens with zero attached hydrogens (tertiary/aromatic N) is 3. The van der Waals surface area contributed by atoms with E-state index in [1.54, 1.807) is 0 Å². The third-order valence-corrected chi connectivity index (χ3v) is 1.66. The van der Waals surface area contributed by atoms with Crippen LogP contribution in [0.15, 0.2) is 46.9 Å². The average Bonchev–Trinajstić information content (AvgIpc) is 2.15. The number of benzene rings is 1. The lowest BCUT2D eigenvalue weighted by molar-refractivity contribution is 1.10. The standard InChI is InChI=1S/C10H14N4/c1-8(11)12-13-9-4-6-10(7-5-9)14(2)3/h4-7H,1,11H2,2-3H3. The summed E-state index contributed by atoms with van der Waals surface area (Å²) in [6.07, 6.45) is 0. The first kappa shape index (κ1) is 10.2. The number of nitrogens with two attached hydrogens (primary N) is 1. The van der Waals surface area contributed by atoms with Crippen molar-refractivity contribution >= 4 is 11.4 Å². The molecule has 4 nitrogen and oxygen atoms in total. The van der Waals surface area contributed by atoms with Gasteiger partial charge in [0.25, 0.3) is 0 Å². The highest BCUT2D eigenvalue weighted by Gasteiger charge is 1.94. The van der Waals surface area contributed by atoms with Crippen LogP contribution >= 0.6 is 0 Å². The lowest BCUT2D eigenvalue weighted by atomic mass is 10.3. The topological polar surface area (TPSA) is 54.0 Å². The van der Waals surface area contributed by atoms with E-state index in [2.05, 4.69) is 16.8 Å². The van der Waals surface area contributed by atoms with Gasteiger partial charge in [0.15, 0.2) is 0 Å². The summed E-state index contributed by atoms with van der Waals surface area (Å²) in [6, 6.07) is 7.69. The smallest absolute Gasteiger partial charge is 0.138 e. The van der Waals surface area contributed by atoms with E-state index < -0.39 is 0 Å². The van der Waals surface area contributed by atoms with E-state index in [1.807, 2.05) is 43.3 Å². The molecule has 0 aliphatic rings. The Kier molecular flexibility index (Phi) is 3.23. The molecule has 0 aliphatic heterocycles. The first-order valence-corrected chi connectivity index (χ1v) is 4.23. The number of anilines is 1. The van der Waals surface area contributed by atoms with E-state index in [0.29, 0.717) is 0 Å². The van der Waals surface area contributed by atoms with Crippen LogP contribution in [0.5, 0.6) is 0 Å². The maximum absolute atomic E-state index is 5.26. The van der Waals surface area contributed by atoms with Gasteiger partial charge in [-0.1, -0.05) is 6.58 Å². The third kappa shape index (κ3) is 2.90. The van der Waals surface area contributed by atoms with Gasteiger partial charge in [0.05, 0.1) is 5.69 Å². The van der Waals surface area contributed by atoms with Crippen molar-refractivity contribution in [3.8, 4) is 0 Å². The largest absolute Gasteiger partial charge is 0.383 e. The molecule has 2 N–H and O–H groups in total. The molecule has 1 rings (SSSR count). The van der Waals surface area contributed by atoms with Crippen LogP contribution in [0.1, 0.15) is 0 Å². The number of azo groups is 1. The first-order chi connectivity index (χ1) is 6.59.